The minimum atomic E-state index is -0.367. The Morgan fingerprint density at radius 1 is 1.69 bits per heavy atom. The summed E-state index contributed by atoms with van der Waals surface area (Å²) in [6.45, 7) is 2.16. The Labute approximate surface area is 98.8 Å². The van der Waals surface area contributed by atoms with E-state index in [1.807, 2.05) is 11.8 Å². The smallest absolute Gasteiger partial charge is 0.357 e. The Kier molecular flexibility index (Phi) is 3.77. The van der Waals surface area contributed by atoms with Crippen LogP contribution in [0.25, 0.3) is 0 Å². The molecule has 1 fully saturated rings. The molecule has 1 aromatic rings. The van der Waals surface area contributed by atoms with Crippen LogP contribution in [0.2, 0.25) is 0 Å². The highest BCUT2D eigenvalue weighted by Crippen LogP contribution is 2.37. The van der Waals surface area contributed by atoms with E-state index in [2.05, 4.69) is 9.97 Å². The van der Waals surface area contributed by atoms with Crippen LogP contribution in [0.3, 0.4) is 0 Å². The number of aromatic nitrogens is 2. The van der Waals surface area contributed by atoms with E-state index in [1.54, 1.807) is 19.2 Å². The number of rotatable bonds is 3. The summed E-state index contributed by atoms with van der Waals surface area (Å²) in [6, 6.07) is 1.60. The number of carbonyl (C=O) groups is 1. The molecule has 0 aliphatic carbocycles. The van der Waals surface area contributed by atoms with Crippen LogP contribution < -0.4 is 0 Å². The van der Waals surface area contributed by atoms with Gasteiger partial charge in [-0.15, -0.1) is 0 Å². The van der Waals surface area contributed by atoms with Gasteiger partial charge >= 0.3 is 5.97 Å². The van der Waals surface area contributed by atoms with E-state index >= 15 is 0 Å². The molecule has 1 aliphatic heterocycles. The third kappa shape index (κ3) is 2.52. The second-order valence-corrected chi connectivity index (χ2v) is 4.83. The molecule has 2 rings (SSSR count). The van der Waals surface area contributed by atoms with Crippen molar-refractivity contribution in [3.8, 4) is 0 Å². The molecular formula is C11H14N2O2S. The van der Waals surface area contributed by atoms with Gasteiger partial charge in [-0.25, -0.2) is 14.8 Å². The molecule has 1 unspecified atom stereocenters. The van der Waals surface area contributed by atoms with E-state index in [9.17, 15) is 4.79 Å². The summed E-state index contributed by atoms with van der Waals surface area (Å²) in [5, 5.41) is 0.342. The van der Waals surface area contributed by atoms with Crippen LogP contribution >= 0.6 is 11.8 Å². The van der Waals surface area contributed by atoms with Crippen LogP contribution in [-0.2, 0) is 4.74 Å². The fourth-order valence-electron chi connectivity index (χ4n) is 1.63. The second kappa shape index (κ2) is 5.30. The quantitative estimate of drug-likeness (QED) is 0.756. The van der Waals surface area contributed by atoms with Gasteiger partial charge in [0.1, 0.15) is 5.82 Å². The number of ether oxygens (including phenoxy) is 1. The highest BCUT2D eigenvalue weighted by molar-refractivity contribution is 7.99. The van der Waals surface area contributed by atoms with Crippen molar-refractivity contribution in [2.75, 3.05) is 12.4 Å². The summed E-state index contributed by atoms with van der Waals surface area (Å²) < 4.78 is 4.91. The zero-order chi connectivity index (χ0) is 11.4. The average Bonchev–Trinajstić information content (AvgIpc) is 2.83. The number of esters is 1. The molecule has 1 aliphatic rings. The van der Waals surface area contributed by atoms with Gasteiger partial charge in [-0.1, -0.05) is 0 Å². The normalized spacial score (nSPS) is 19.7. The molecule has 1 saturated heterocycles. The zero-order valence-corrected chi connectivity index (χ0v) is 10.00. The Morgan fingerprint density at radius 3 is 3.25 bits per heavy atom. The predicted octanol–water partition coefficient (Wildman–Crippen LogP) is 2.22. The summed E-state index contributed by atoms with van der Waals surface area (Å²) in [5.74, 6) is 1.54. The van der Waals surface area contributed by atoms with Gasteiger partial charge in [-0.05, 0) is 31.6 Å². The maximum Gasteiger partial charge on any atom is 0.357 e. The Balaban J connectivity index is 2.15. The first-order valence-corrected chi connectivity index (χ1v) is 6.48. The molecule has 2 heterocycles. The third-order valence-corrected chi connectivity index (χ3v) is 3.75. The lowest BCUT2D eigenvalue weighted by atomic mass is 10.2. The van der Waals surface area contributed by atoms with Gasteiger partial charge in [0.2, 0.25) is 0 Å². The first-order chi connectivity index (χ1) is 7.81. The van der Waals surface area contributed by atoms with Crippen molar-refractivity contribution in [2.45, 2.75) is 25.0 Å². The molecule has 4 nitrogen and oxygen atoms in total. The number of thioether (sulfide) groups is 1. The first kappa shape index (κ1) is 11.4. The van der Waals surface area contributed by atoms with Crippen LogP contribution in [0.5, 0.6) is 0 Å². The summed E-state index contributed by atoms with van der Waals surface area (Å²) in [7, 11) is 0. The van der Waals surface area contributed by atoms with E-state index in [0.29, 0.717) is 17.6 Å². The van der Waals surface area contributed by atoms with E-state index in [-0.39, 0.29) is 5.97 Å². The van der Waals surface area contributed by atoms with Crippen molar-refractivity contribution in [1.82, 2.24) is 9.97 Å². The average molecular weight is 238 g/mol. The van der Waals surface area contributed by atoms with E-state index < -0.39 is 0 Å². The molecule has 1 atom stereocenters. The Bertz CT molecular complexity index is 378. The molecule has 0 aromatic carbocycles. The van der Waals surface area contributed by atoms with Gasteiger partial charge in [-0.2, -0.15) is 11.8 Å². The van der Waals surface area contributed by atoms with Crippen LogP contribution in [-0.4, -0.2) is 28.3 Å². The number of carbonyl (C=O) groups excluding carboxylic acids is 1. The topological polar surface area (TPSA) is 52.1 Å². The number of hydrogen-bond acceptors (Lipinski definition) is 5. The highest BCUT2D eigenvalue weighted by Gasteiger charge is 2.21. The van der Waals surface area contributed by atoms with Crippen LogP contribution in [0.1, 0.15) is 41.3 Å². The van der Waals surface area contributed by atoms with Crippen molar-refractivity contribution >= 4 is 17.7 Å². The van der Waals surface area contributed by atoms with Crippen molar-refractivity contribution in [3.63, 3.8) is 0 Å². The minimum Gasteiger partial charge on any atom is -0.461 e. The van der Waals surface area contributed by atoms with Gasteiger partial charge in [0.05, 0.1) is 11.9 Å². The summed E-state index contributed by atoms with van der Waals surface area (Å²) in [6.07, 6.45) is 3.92. The molecule has 0 amide bonds. The molecule has 0 radical (unpaired) electrons. The molecule has 0 spiro atoms. The van der Waals surface area contributed by atoms with Crippen molar-refractivity contribution in [2.24, 2.45) is 0 Å². The van der Waals surface area contributed by atoms with Crippen molar-refractivity contribution in [3.05, 3.63) is 23.8 Å². The fraction of sp³-hybridized carbons (Fsp3) is 0.545. The molecular weight excluding hydrogens is 224 g/mol. The fourth-order valence-corrected chi connectivity index (χ4v) is 2.84. The molecule has 5 heteroatoms. The third-order valence-electron chi connectivity index (χ3n) is 2.38. The van der Waals surface area contributed by atoms with Gasteiger partial charge in [0.15, 0.2) is 5.69 Å². The summed E-state index contributed by atoms with van der Waals surface area (Å²) >= 11 is 1.85. The molecule has 1 aromatic heterocycles. The highest BCUT2D eigenvalue weighted by atomic mass is 32.2. The van der Waals surface area contributed by atoms with Crippen LogP contribution in [0.15, 0.2) is 12.3 Å². The monoisotopic (exact) mass is 238 g/mol. The van der Waals surface area contributed by atoms with Gasteiger partial charge in [-0.3, -0.25) is 0 Å². The first-order valence-electron chi connectivity index (χ1n) is 5.43. The van der Waals surface area contributed by atoms with Crippen LogP contribution in [0.4, 0.5) is 0 Å². The zero-order valence-electron chi connectivity index (χ0n) is 9.18. The molecule has 0 saturated carbocycles. The van der Waals surface area contributed by atoms with Gasteiger partial charge < -0.3 is 4.74 Å². The van der Waals surface area contributed by atoms with E-state index in [0.717, 1.165) is 18.0 Å². The lowest BCUT2D eigenvalue weighted by Crippen LogP contribution is -2.10. The molecule has 0 bridgehead atoms. The molecule has 16 heavy (non-hydrogen) atoms. The SMILES string of the molecule is CCOC(=O)c1ccnc(C2CCCS2)n1. The molecule has 0 N–H and O–H groups in total. The lowest BCUT2D eigenvalue weighted by molar-refractivity contribution is 0.0519. The van der Waals surface area contributed by atoms with Gasteiger partial charge in [0, 0.05) is 6.20 Å². The van der Waals surface area contributed by atoms with Crippen molar-refractivity contribution in [1.29, 1.82) is 0 Å². The number of hydrogen-bond donors (Lipinski definition) is 0. The maximum absolute atomic E-state index is 11.5. The standard InChI is InChI=1S/C11H14N2O2S/c1-2-15-11(14)8-5-6-12-10(13-8)9-4-3-7-16-9/h5-6,9H,2-4,7H2,1H3. The summed E-state index contributed by atoms with van der Waals surface area (Å²) in [5.41, 5.74) is 0.361. The Hall–Kier alpha value is -1.10. The molecule has 86 valence electrons. The number of nitrogens with zero attached hydrogens (tertiary/aromatic N) is 2. The van der Waals surface area contributed by atoms with Crippen LogP contribution in [0, 0.1) is 0 Å². The minimum absolute atomic E-state index is 0.342. The largest absolute Gasteiger partial charge is 0.461 e. The Morgan fingerprint density at radius 2 is 2.56 bits per heavy atom. The summed E-state index contributed by atoms with van der Waals surface area (Å²) in [4.78, 5) is 20.0. The van der Waals surface area contributed by atoms with Gasteiger partial charge in [0.25, 0.3) is 0 Å². The van der Waals surface area contributed by atoms with E-state index in [4.69, 9.17) is 4.74 Å². The second-order valence-electron chi connectivity index (χ2n) is 3.52. The maximum atomic E-state index is 11.5. The predicted molar refractivity (Wildman–Crippen MR) is 62.4 cm³/mol. The lowest BCUT2D eigenvalue weighted by Gasteiger charge is -2.07. The van der Waals surface area contributed by atoms with Crippen molar-refractivity contribution < 1.29 is 9.53 Å². The van der Waals surface area contributed by atoms with E-state index in [1.165, 1.54) is 6.42 Å².